The molecule has 1 atom stereocenters. The molecule has 0 bridgehead atoms. The number of hydrogen-bond donors (Lipinski definition) is 1. The number of nitrogens with zero attached hydrogens (tertiary/aromatic N) is 2. The summed E-state index contributed by atoms with van der Waals surface area (Å²) in [5.74, 6) is 0. The van der Waals surface area contributed by atoms with Crippen molar-refractivity contribution < 1.29 is 0 Å². The molecule has 0 aliphatic carbocycles. The van der Waals surface area contributed by atoms with Gasteiger partial charge in [0.1, 0.15) is 0 Å². The van der Waals surface area contributed by atoms with Crippen LogP contribution in [0.15, 0.2) is 42.7 Å². The van der Waals surface area contributed by atoms with Gasteiger partial charge in [0.05, 0.1) is 5.69 Å². The van der Waals surface area contributed by atoms with E-state index < -0.39 is 0 Å². The van der Waals surface area contributed by atoms with Crippen LogP contribution in [0.1, 0.15) is 18.9 Å². The van der Waals surface area contributed by atoms with Crippen LogP contribution in [0.3, 0.4) is 0 Å². The summed E-state index contributed by atoms with van der Waals surface area (Å²) in [5, 5.41) is 8.44. The van der Waals surface area contributed by atoms with Crippen LogP contribution in [-0.4, -0.2) is 27.8 Å². The quantitative estimate of drug-likeness (QED) is 0.788. The van der Waals surface area contributed by atoms with E-state index in [0.29, 0.717) is 0 Å². The van der Waals surface area contributed by atoms with Gasteiger partial charge in [0, 0.05) is 24.2 Å². The van der Waals surface area contributed by atoms with E-state index in [-0.39, 0.29) is 0 Å². The van der Waals surface area contributed by atoms with E-state index in [1.807, 2.05) is 28.7 Å². The fourth-order valence-electron chi connectivity index (χ4n) is 1.84. The maximum absolute atomic E-state index is 4.22. The predicted molar refractivity (Wildman–Crippen MR) is 82.9 cm³/mol. The second-order valence-electron chi connectivity index (χ2n) is 4.63. The number of nitrogens with one attached hydrogen (secondary N) is 1. The first kappa shape index (κ1) is 14.2. The van der Waals surface area contributed by atoms with E-state index in [1.165, 1.54) is 12.0 Å². The fourth-order valence-corrected chi connectivity index (χ4v) is 2.20. The second-order valence-corrected chi connectivity index (χ2v) is 5.90. The molecule has 0 radical (unpaired) electrons. The molecule has 1 aromatic carbocycles. The van der Waals surface area contributed by atoms with Crippen molar-refractivity contribution in [2.75, 3.05) is 12.8 Å². The van der Waals surface area contributed by atoms with Crippen molar-refractivity contribution >= 4 is 11.8 Å². The van der Waals surface area contributed by atoms with Gasteiger partial charge in [-0.15, -0.1) is 0 Å². The monoisotopic (exact) mass is 275 g/mol. The second kappa shape index (κ2) is 7.36. The minimum atomic E-state index is 0.731. The summed E-state index contributed by atoms with van der Waals surface area (Å²) in [7, 11) is 0. The Morgan fingerprint density at radius 3 is 2.74 bits per heavy atom. The maximum Gasteiger partial charge on any atom is 0.0645 e. The normalized spacial score (nSPS) is 12.5. The van der Waals surface area contributed by atoms with E-state index in [9.17, 15) is 0 Å². The Hall–Kier alpha value is -1.26. The molecule has 1 aromatic heterocycles. The molecular weight excluding hydrogens is 254 g/mol. The molecule has 0 amide bonds. The highest BCUT2D eigenvalue weighted by Gasteiger charge is 1.99. The molecule has 0 aliphatic heterocycles. The largest absolute Gasteiger partial charge is 0.313 e. The van der Waals surface area contributed by atoms with Crippen molar-refractivity contribution in [1.29, 1.82) is 0 Å². The zero-order valence-corrected chi connectivity index (χ0v) is 12.4. The first-order valence-corrected chi connectivity index (χ1v) is 7.91. The van der Waals surface area contributed by atoms with Crippen LogP contribution in [0.25, 0.3) is 5.69 Å². The third-order valence-corrected chi connectivity index (χ3v) is 4.20. The lowest BCUT2D eigenvalue weighted by atomic mass is 10.2. The summed E-state index contributed by atoms with van der Waals surface area (Å²) < 4.78 is 1.87. The summed E-state index contributed by atoms with van der Waals surface area (Å²) in [5.41, 5.74) is 2.41. The van der Waals surface area contributed by atoms with E-state index in [4.69, 9.17) is 0 Å². The van der Waals surface area contributed by atoms with Crippen molar-refractivity contribution in [2.24, 2.45) is 0 Å². The molecule has 102 valence electrons. The van der Waals surface area contributed by atoms with E-state index in [0.717, 1.165) is 24.0 Å². The van der Waals surface area contributed by atoms with Crippen LogP contribution >= 0.6 is 11.8 Å². The van der Waals surface area contributed by atoms with Gasteiger partial charge in [-0.05, 0) is 43.0 Å². The number of aromatic nitrogens is 2. The molecule has 2 aromatic rings. The summed E-state index contributed by atoms with van der Waals surface area (Å²) in [6, 6.07) is 10.5. The van der Waals surface area contributed by atoms with Gasteiger partial charge in [-0.1, -0.05) is 19.1 Å². The van der Waals surface area contributed by atoms with Crippen LogP contribution in [0.2, 0.25) is 0 Å². The average Bonchev–Trinajstić information content (AvgIpc) is 2.98. The van der Waals surface area contributed by atoms with Crippen LogP contribution < -0.4 is 5.32 Å². The summed E-state index contributed by atoms with van der Waals surface area (Å²) in [6.07, 6.45) is 7.13. The molecule has 1 N–H and O–H groups in total. The smallest absolute Gasteiger partial charge is 0.0645 e. The minimum absolute atomic E-state index is 0.731. The summed E-state index contributed by atoms with van der Waals surface area (Å²) in [6.45, 7) is 4.27. The molecule has 0 saturated heterocycles. The van der Waals surface area contributed by atoms with Crippen LogP contribution in [0, 0.1) is 0 Å². The van der Waals surface area contributed by atoms with Gasteiger partial charge in [0.15, 0.2) is 0 Å². The molecular formula is C15H21N3S. The average molecular weight is 275 g/mol. The fraction of sp³-hybridized carbons (Fsp3) is 0.400. The molecule has 0 fully saturated rings. The first-order chi connectivity index (χ1) is 9.29. The Morgan fingerprint density at radius 2 is 2.11 bits per heavy atom. The number of rotatable bonds is 7. The van der Waals surface area contributed by atoms with Crippen LogP contribution in [-0.2, 0) is 6.54 Å². The first-order valence-electron chi connectivity index (χ1n) is 6.62. The molecule has 1 unspecified atom stereocenters. The van der Waals surface area contributed by atoms with Crippen molar-refractivity contribution in [3.63, 3.8) is 0 Å². The lowest BCUT2D eigenvalue weighted by Gasteiger charge is -2.09. The highest BCUT2D eigenvalue weighted by atomic mass is 32.2. The van der Waals surface area contributed by atoms with Gasteiger partial charge in [-0.3, -0.25) is 0 Å². The van der Waals surface area contributed by atoms with Crippen LogP contribution in [0.4, 0.5) is 0 Å². The van der Waals surface area contributed by atoms with E-state index in [1.54, 1.807) is 6.20 Å². The summed E-state index contributed by atoms with van der Waals surface area (Å²) in [4.78, 5) is 0. The zero-order valence-electron chi connectivity index (χ0n) is 11.5. The van der Waals surface area contributed by atoms with Crippen molar-refractivity contribution in [1.82, 2.24) is 15.1 Å². The summed E-state index contributed by atoms with van der Waals surface area (Å²) >= 11 is 1.92. The standard InChI is InChI=1S/C15H21N3S/c1-13(19-2)8-10-16-12-14-4-6-15(7-5-14)18-11-3-9-17-18/h3-7,9,11,13,16H,8,10,12H2,1-2H3. The van der Waals surface area contributed by atoms with E-state index in [2.05, 4.69) is 47.9 Å². The molecule has 19 heavy (non-hydrogen) atoms. The highest BCUT2D eigenvalue weighted by molar-refractivity contribution is 7.99. The minimum Gasteiger partial charge on any atom is -0.313 e. The third kappa shape index (κ3) is 4.40. The third-order valence-electron chi connectivity index (χ3n) is 3.16. The van der Waals surface area contributed by atoms with Crippen LogP contribution in [0.5, 0.6) is 0 Å². The van der Waals surface area contributed by atoms with E-state index >= 15 is 0 Å². The van der Waals surface area contributed by atoms with Gasteiger partial charge < -0.3 is 5.32 Å². The van der Waals surface area contributed by atoms with Gasteiger partial charge in [0.25, 0.3) is 0 Å². The Bertz CT molecular complexity index is 465. The van der Waals surface area contributed by atoms with Gasteiger partial charge in [-0.25, -0.2) is 4.68 Å². The lowest BCUT2D eigenvalue weighted by Crippen LogP contribution is -2.17. The molecule has 0 saturated carbocycles. The lowest BCUT2D eigenvalue weighted by molar-refractivity contribution is 0.648. The number of thioether (sulfide) groups is 1. The molecule has 2 rings (SSSR count). The predicted octanol–water partition coefficient (Wildman–Crippen LogP) is 3.10. The number of benzene rings is 1. The molecule has 0 spiro atoms. The van der Waals surface area contributed by atoms with Gasteiger partial charge >= 0.3 is 0 Å². The van der Waals surface area contributed by atoms with Crippen molar-refractivity contribution in [3.8, 4) is 5.69 Å². The van der Waals surface area contributed by atoms with Crippen molar-refractivity contribution in [3.05, 3.63) is 48.3 Å². The molecule has 3 nitrogen and oxygen atoms in total. The Morgan fingerprint density at radius 1 is 1.32 bits per heavy atom. The zero-order chi connectivity index (χ0) is 13.5. The topological polar surface area (TPSA) is 29.9 Å². The molecule has 4 heteroatoms. The number of hydrogen-bond acceptors (Lipinski definition) is 3. The van der Waals surface area contributed by atoms with Crippen molar-refractivity contribution in [2.45, 2.75) is 25.1 Å². The Labute approximate surface area is 119 Å². The Balaban J connectivity index is 1.79. The van der Waals surface area contributed by atoms with Gasteiger partial charge in [0.2, 0.25) is 0 Å². The van der Waals surface area contributed by atoms with Gasteiger partial charge in [-0.2, -0.15) is 16.9 Å². The maximum atomic E-state index is 4.22. The molecule has 0 aliphatic rings. The molecule has 1 heterocycles. The Kier molecular flexibility index (Phi) is 5.48. The highest BCUT2D eigenvalue weighted by Crippen LogP contribution is 2.10. The SMILES string of the molecule is CSC(C)CCNCc1ccc(-n2cccn2)cc1.